The molecule has 0 bridgehead atoms. The molecular formula is C16H20F3N. The van der Waals surface area contributed by atoms with Crippen molar-refractivity contribution in [3.63, 3.8) is 0 Å². The molecule has 20 heavy (non-hydrogen) atoms. The van der Waals surface area contributed by atoms with Gasteiger partial charge < -0.3 is 5.32 Å². The van der Waals surface area contributed by atoms with Crippen LogP contribution in [0.3, 0.4) is 0 Å². The molecule has 1 aromatic carbocycles. The Labute approximate surface area is 117 Å². The van der Waals surface area contributed by atoms with Crippen LogP contribution in [0.25, 0.3) is 0 Å². The Bertz CT molecular complexity index is 475. The standard InChI is InChI=1S/C16H20F3N/c17-16(18,19)12-6-2-3-7-13(12)20-14-8-11-15(14)9-4-1-5-10-15/h2-3,6-7,14,20H,1,4-5,8-11H2. The van der Waals surface area contributed by atoms with Gasteiger partial charge in [0.1, 0.15) is 0 Å². The molecule has 2 aliphatic carbocycles. The topological polar surface area (TPSA) is 12.0 Å². The zero-order valence-electron chi connectivity index (χ0n) is 11.5. The summed E-state index contributed by atoms with van der Waals surface area (Å²) in [6, 6.07) is 6.05. The molecule has 2 aliphatic rings. The van der Waals surface area contributed by atoms with Crippen molar-refractivity contribution in [3.8, 4) is 0 Å². The van der Waals surface area contributed by atoms with Crippen molar-refractivity contribution >= 4 is 5.69 Å². The van der Waals surface area contributed by atoms with Crippen LogP contribution in [0.1, 0.15) is 50.5 Å². The summed E-state index contributed by atoms with van der Waals surface area (Å²) in [5, 5.41) is 3.19. The van der Waals surface area contributed by atoms with E-state index in [0.717, 1.165) is 12.5 Å². The van der Waals surface area contributed by atoms with E-state index >= 15 is 0 Å². The van der Waals surface area contributed by atoms with Gasteiger partial charge in [-0.3, -0.25) is 0 Å². The zero-order chi connectivity index (χ0) is 14.2. The lowest BCUT2D eigenvalue weighted by Gasteiger charge is -2.53. The van der Waals surface area contributed by atoms with Crippen LogP contribution >= 0.6 is 0 Å². The van der Waals surface area contributed by atoms with Crippen LogP contribution in [-0.4, -0.2) is 6.04 Å². The van der Waals surface area contributed by atoms with Crippen molar-refractivity contribution in [1.29, 1.82) is 0 Å². The third-order valence-corrected chi connectivity index (χ3v) is 5.08. The summed E-state index contributed by atoms with van der Waals surface area (Å²) in [6.07, 6.45) is 3.92. The lowest BCUT2D eigenvalue weighted by atomic mass is 9.57. The second kappa shape index (κ2) is 4.97. The van der Waals surface area contributed by atoms with Crippen molar-refractivity contribution in [2.45, 2.75) is 57.2 Å². The summed E-state index contributed by atoms with van der Waals surface area (Å²) in [5.41, 5.74) is -0.0377. The summed E-state index contributed by atoms with van der Waals surface area (Å²) in [6.45, 7) is 0. The summed E-state index contributed by atoms with van der Waals surface area (Å²) >= 11 is 0. The van der Waals surface area contributed by atoms with Gasteiger partial charge >= 0.3 is 6.18 Å². The molecule has 4 heteroatoms. The molecule has 0 aromatic heterocycles. The van der Waals surface area contributed by atoms with Gasteiger partial charge in [-0.1, -0.05) is 31.4 Å². The molecule has 1 aromatic rings. The minimum Gasteiger partial charge on any atom is -0.381 e. The smallest absolute Gasteiger partial charge is 0.381 e. The van der Waals surface area contributed by atoms with Crippen molar-refractivity contribution in [3.05, 3.63) is 29.8 Å². The number of hydrogen-bond donors (Lipinski definition) is 1. The number of para-hydroxylation sites is 1. The number of anilines is 1. The Morgan fingerprint density at radius 2 is 1.70 bits per heavy atom. The first-order valence-corrected chi connectivity index (χ1v) is 7.44. The van der Waals surface area contributed by atoms with Gasteiger partial charge in [0.05, 0.1) is 5.56 Å². The Hall–Kier alpha value is -1.19. The van der Waals surface area contributed by atoms with E-state index in [1.54, 1.807) is 12.1 Å². The van der Waals surface area contributed by atoms with E-state index in [4.69, 9.17) is 0 Å². The van der Waals surface area contributed by atoms with E-state index in [1.165, 1.54) is 44.6 Å². The maximum Gasteiger partial charge on any atom is 0.418 e. The molecule has 1 unspecified atom stereocenters. The Morgan fingerprint density at radius 3 is 2.30 bits per heavy atom. The van der Waals surface area contributed by atoms with E-state index in [-0.39, 0.29) is 17.1 Å². The molecule has 3 rings (SSSR count). The van der Waals surface area contributed by atoms with E-state index in [9.17, 15) is 13.2 Å². The predicted octanol–water partition coefficient (Wildman–Crippen LogP) is 5.23. The Balaban J connectivity index is 1.78. The molecule has 110 valence electrons. The lowest BCUT2D eigenvalue weighted by molar-refractivity contribution is -0.137. The van der Waals surface area contributed by atoms with Crippen molar-refractivity contribution in [1.82, 2.24) is 0 Å². The quantitative estimate of drug-likeness (QED) is 0.783. The second-order valence-corrected chi connectivity index (χ2v) is 6.20. The third-order valence-electron chi connectivity index (χ3n) is 5.08. The van der Waals surface area contributed by atoms with E-state index < -0.39 is 11.7 Å². The van der Waals surface area contributed by atoms with Crippen molar-refractivity contribution < 1.29 is 13.2 Å². The van der Waals surface area contributed by atoms with Crippen molar-refractivity contribution in [2.75, 3.05) is 5.32 Å². The number of nitrogens with one attached hydrogen (secondary N) is 1. The molecule has 1 nitrogen and oxygen atoms in total. The van der Waals surface area contributed by atoms with Gasteiger partial charge in [-0.05, 0) is 43.2 Å². The maximum atomic E-state index is 13.0. The molecule has 0 saturated heterocycles. The first kappa shape index (κ1) is 13.8. The molecule has 2 saturated carbocycles. The molecule has 0 heterocycles. The Kier molecular flexibility index (Phi) is 3.43. The first-order chi connectivity index (χ1) is 9.51. The number of halogens is 3. The van der Waals surface area contributed by atoms with Gasteiger partial charge in [-0.15, -0.1) is 0 Å². The number of rotatable bonds is 2. The van der Waals surface area contributed by atoms with Crippen LogP contribution in [0.15, 0.2) is 24.3 Å². The molecular weight excluding hydrogens is 263 g/mol. The zero-order valence-corrected chi connectivity index (χ0v) is 11.5. The highest BCUT2D eigenvalue weighted by molar-refractivity contribution is 5.54. The Morgan fingerprint density at radius 1 is 1.00 bits per heavy atom. The van der Waals surface area contributed by atoms with Gasteiger partial charge in [0.2, 0.25) is 0 Å². The minimum absolute atomic E-state index is 0.214. The van der Waals surface area contributed by atoms with E-state index in [0.29, 0.717) is 0 Å². The first-order valence-electron chi connectivity index (χ1n) is 7.44. The fourth-order valence-corrected chi connectivity index (χ4v) is 3.82. The molecule has 1 N–H and O–H groups in total. The van der Waals surface area contributed by atoms with Crippen LogP contribution in [0, 0.1) is 5.41 Å². The normalized spacial score (nSPS) is 25.2. The fourth-order valence-electron chi connectivity index (χ4n) is 3.82. The molecule has 1 spiro atoms. The van der Waals surface area contributed by atoms with Crippen molar-refractivity contribution in [2.24, 2.45) is 5.41 Å². The van der Waals surface area contributed by atoms with Crippen LogP contribution in [0.4, 0.5) is 18.9 Å². The van der Waals surface area contributed by atoms with Crippen LogP contribution in [0.5, 0.6) is 0 Å². The highest BCUT2D eigenvalue weighted by Gasteiger charge is 2.47. The monoisotopic (exact) mass is 283 g/mol. The highest BCUT2D eigenvalue weighted by Crippen LogP contribution is 2.53. The van der Waals surface area contributed by atoms with Crippen LogP contribution < -0.4 is 5.32 Å². The third kappa shape index (κ3) is 2.40. The van der Waals surface area contributed by atoms with Gasteiger partial charge in [-0.2, -0.15) is 13.2 Å². The average Bonchev–Trinajstić information content (AvgIpc) is 2.44. The number of hydrogen-bond acceptors (Lipinski definition) is 1. The summed E-state index contributed by atoms with van der Waals surface area (Å²) in [7, 11) is 0. The van der Waals surface area contributed by atoms with Gasteiger partial charge in [0, 0.05) is 11.7 Å². The predicted molar refractivity (Wildman–Crippen MR) is 73.6 cm³/mol. The largest absolute Gasteiger partial charge is 0.418 e. The molecule has 0 radical (unpaired) electrons. The van der Waals surface area contributed by atoms with E-state index in [2.05, 4.69) is 5.32 Å². The molecule has 1 atom stereocenters. The second-order valence-electron chi connectivity index (χ2n) is 6.20. The molecule has 0 amide bonds. The molecule has 0 aliphatic heterocycles. The highest BCUT2D eigenvalue weighted by atomic mass is 19.4. The minimum atomic E-state index is -4.28. The summed E-state index contributed by atoms with van der Waals surface area (Å²) < 4.78 is 39.0. The maximum absolute atomic E-state index is 13.0. The summed E-state index contributed by atoms with van der Waals surface area (Å²) in [5.74, 6) is 0. The van der Waals surface area contributed by atoms with Crippen LogP contribution in [0.2, 0.25) is 0 Å². The number of alkyl halides is 3. The average molecular weight is 283 g/mol. The SMILES string of the molecule is FC(F)(F)c1ccccc1NC1CCC12CCCCC2. The van der Waals surface area contributed by atoms with Gasteiger partial charge in [0.15, 0.2) is 0 Å². The molecule has 2 fully saturated rings. The van der Waals surface area contributed by atoms with Gasteiger partial charge in [0.25, 0.3) is 0 Å². The van der Waals surface area contributed by atoms with Gasteiger partial charge in [-0.25, -0.2) is 0 Å². The summed E-state index contributed by atoms with van der Waals surface area (Å²) in [4.78, 5) is 0. The van der Waals surface area contributed by atoms with Crippen LogP contribution in [-0.2, 0) is 6.18 Å². The fraction of sp³-hybridized carbons (Fsp3) is 0.625. The number of benzene rings is 1. The van der Waals surface area contributed by atoms with E-state index in [1.807, 2.05) is 0 Å². The lowest BCUT2D eigenvalue weighted by Crippen LogP contribution is -2.50.